The third-order valence-corrected chi connectivity index (χ3v) is 5.40. The van der Waals surface area contributed by atoms with Gasteiger partial charge in [0.1, 0.15) is 5.54 Å². The molecule has 1 atom stereocenters. The second kappa shape index (κ2) is 6.26. The van der Waals surface area contributed by atoms with Crippen molar-refractivity contribution in [2.24, 2.45) is 0 Å². The number of urea groups is 1. The number of carbonyl (C=O) groups is 3. The third-order valence-electron chi connectivity index (χ3n) is 5.40. The maximum Gasteiger partial charge on any atom is 0.374 e. The normalized spacial score (nSPS) is 21.3. The number of esters is 1. The van der Waals surface area contributed by atoms with Crippen molar-refractivity contribution in [1.82, 2.24) is 10.2 Å². The van der Waals surface area contributed by atoms with Crippen LogP contribution in [0.15, 0.2) is 34.9 Å². The Hall–Kier alpha value is -3.09. The van der Waals surface area contributed by atoms with Gasteiger partial charge in [-0.05, 0) is 48.9 Å². The number of hydrogen-bond acceptors (Lipinski definition) is 5. The van der Waals surface area contributed by atoms with E-state index in [2.05, 4.69) is 10.1 Å². The molecule has 2 heterocycles. The van der Waals surface area contributed by atoms with Crippen LogP contribution in [0.4, 0.5) is 4.79 Å². The van der Waals surface area contributed by atoms with Crippen molar-refractivity contribution >= 4 is 17.9 Å². The van der Waals surface area contributed by atoms with Crippen LogP contribution < -0.4 is 5.32 Å². The summed E-state index contributed by atoms with van der Waals surface area (Å²) in [6, 6.07) is 7.01. The Morgan fingerprint density at radius 3 is 2.81 bits per heavy atom. The number of methoxy groups -OCH3 is 1. The summed E-state index contributed by atoms with van der Waals surface area (Å²) in [6.07, 6.45) is 4.48. The lowest BCUT2D eigenvalue weighted by Gasteiger charge is -2.23. The molecule has 2 aliphatic rings. The number of nitrogens with one attached hydrogen (secondary N) is 1. The van der Waals surface area contributed by atoms with Gasteiger partial charge < -0.3 is 14.5 Å². The van der Waals surface area contributed by atoms with Crippen LogP contribution in [0, 0.1) is 0 Å². The second-order valence-corrected chi connectivity index (χ2v) is 7.05. The van der Waals surface area contributed by atoms with Crippen molar-refractivity contribution in [2.45, 2.75) is 38.3 Å². The van der Waals surface area contributed by atoms with Crippen molar-refractivity contribution < 1.29 is 23.5 Å². The van der Waals surface area contributed by atoms with Crippen LogP contribution in [0.1, 0.15) is 46.2 Å². The van der Waals surface area contributed by atoms with Crippen LogP contribution in [0.25, 0.3) is 0 Å². The zero-order chi connectivity index (χ0) is 19.2. The minimum atomic E-state index is -1.14. The molecule has 3 amide bonds. The molecule has 1 fully saturated rings. The molecule has 1 saturated heterocycles. The summed E-state index contributed by atoms with van der Waals surface area (Å²) < 4.78 is 9.81. The van der Waals surface area contributed by atoms with Gasteiger partial charge >= 0.3 is 12.0 Å². The van der Waals surface area contributed by atoms with Crippen LogP contribution in [0.5, 0.6) is 0 Å². The lowest BCUT2D eigenvalue weighted by atomic mass is 9.89. The lowest BCUT2D eigenvalue weighted by Crippen LogP contribution is -2.41. The first-order valence-corrected chi connectivity index (χ1v) is 8.85. The molecule has 1 unspecified atom stereocenters. The highest BCUT2D eigenvalue weighted by molar-refractivity contribution is 6.07. The predicted molar refractivity (Wildman–Crippen MR) is 94.9 cm³/mol. The fraction of sp³-hybridized carbons (Fsp3) is 0.350. The number of hydrogen-bond donors (Lipinski definition) is 1. The topological polar surface area (TPSA) is 88.8 Å². The lowest BCUT2D eigenvalue weighted by molar-refractivity contribution is -0.131. The SMILES string of the molecule is COC(=O)c1occc1CN1C(=O)NC(C)(c2ccc3c(c2)CCC3)C1=O. The van der Waals surface area contributed by atoms with Crippen LogP contribution in [0.2, 0.25) is 0 Å². The monoisotopic (exact) mass is 368 g/mol. The molecular formula is C20H20N2O5. The standard InChI is InChI=1S/C20H20N2O5/c1-20(15-7-6-12-4-3-5-13(12)10-15)18(24)22(19(25)21-20)11-14-8-9-27-16(14)17(23)26-2/h6-10H,3-5,11H2,1-2H3,(H,21,25). The van der Waals surface area contributed by atoms with Crippen molar-refractivity contribution in [3.8, 4) is 0 Å². The van der Waals surface area contributed by atoms with E-state index in [1.165, 1.54) is 24.5 Å². The molecule has 140 valence electrons. The zero-order valence-electron chi connectivity index (χ0n) is 15.2. The van der Waals surface area contributed by atoms with Crippen molar-refractivity contribution in [1.29, 1.82) is 0 Å². The molecule has 4 rings (SSSR count). The van der Waals surface area contributed by atoms with Crippen LogP contribution in [-0.4, -0.2) is 29.9 Å². The first-order chi connectivity index (χ1) is 12.9. The average molecular weight is 368 g/mol. The fourth-order valence-corrected chi connectivity index (χ4v) is 3.82. The number of amides is 3. The van der Waals surface area contributed by atoms with Crippen LogP contribution >= 0.6 is 0 Å². The summed E-state index contributed by atoms with van der Waals surface area (Å²) in [7, 11) is 1.24. The van der Waals surface area contributed by atoms with Gasteiger partial charge in [0.2, 0.25) is 5.76 Å². The van der Waals surface area contributed by atoms with Gasteiger partial charge in [0.25, 0.3) is 5.91 Å². The molecule has 1 aliphatic carbocycles. The summed E-state index contributed by atoms with van der Waals surface area (Å²) in [5.41, 5.74) is 2.59. The number of furan rings is 1. The Morgan fingerprint density at radius 1 is 1.26 bits per heavy atom. The van der Waals surface area contributed by atoms with E-state index in [4.69, 9.17) is 4.42 Å². The molecule has 0 saturated carbocycles. The molecule has 1 aromatic carbocycles. The molecule has 0 spiro atoms. The number of aryl methyl sites for hydroxylation is 2. The summed E-state index contributed by atoms with van der Waals surface area (Å²) in [5.74, 6) is -1.02. The Kier molecular flexibility index (Phi) is 4.02. The van der Waals surface area contributed by atoms with E-state index in [0.717, 1.165) is 29.7 Å². The van der Waals surface area contributed by atoms with E-state index in [9.17, 15) is 14.4 Å². The number of carbonyl (C=O) groups excluding carboxylic acids is 3. The number of nitrogens with zero attached hydrogens (tertiary/aromatic N) is 1. The molecule has 1 N–H and O–H groups in total. The average Bonchev–Trinajstić information content (AvgIpc) is 3.36. The highest BCUT2D eigenvalue weighted by Crippen LogP contribution is 2.33. The smallest absolute Gasteiger partial charge is 0.374 e. The molecule has 7 heteroatoms. The Bertz CT molecular complexity index is 948. The number of benzene rings is 1. The molecule has 7 nitrogen and oxygen atoms in total. The third kappa shape index (κ3) is 2.70. The van der Waals surface area contributed by atoms with E-state index in [-0.39, 0.29) is 18.2 Å². The number of imide groups is 1. The van der Waals surface area contributed by atoms with Gasteiger partial charge in [-0.1, -0.05) is 18.2 Å². The second-order valence-electron chi connectivity index (χ2n) is 7.05. The molecule has 1 aromatic heterocycles. The number of rotatable bonds is 4. The maximum atomic E-state index is 13.1. The number of ether oxygens (including phenoxy) is 1. The van der Waals surface area contributed by atoms with Gasteiger partial charge in [-0.25, -0.2) is 9.59 Å². The van der Waals surface area contributed by atoms with Crippen molar-refractivity contribution in [2.75, 3.05) is 7.11 Å². The molecule has 1 aliphatic heterocycles. The Labute approximate surface area is 156 Å². The van der Waals surface area contributed by atoms with Crippen LogP contribution in [-0.2, 0) is 34.5 Å². The van der Waals surface area contributed by atoms with Crippen molar-refractivity contribution in [3.05, 3.63) is 58.5 Å². The quantitative estimate of drug-likeness (QED) is 0.662. The van der Waals surface area contributed by atoms with Crippen molar-refractivity contribution in [3.63, 3.8) is 0 Å². The van der Waals surface area contributed by atoms with Gasteiger partial charge in [-0.15, -0.1) is 0 Å². The van der Waals surface area contributed by atoms with E-state index < -0.39 is 17.5 Å². The number of fused-ring (bicyclic) bond motifs is 1. The summed E-state index contributed by atoms with van der Waals surface area (Å²) >= 11 is 0. The van der Waals surface area contributed by atoms with Crippen LogP contribution in [0.3, 0.4) is 0 Å². The molecule has 2 aromatic rings. The molecular weight excluding hydrogens is 348 g/mol. The van der Waals surface area contributed by atoms with Gasteiger partial charge in [-0.2, -0.15) is 0 Å². The fourth-order valence-electron chi connectivity index (χ4n) is 3.82. The molecule has 27 heavy (non-hydrogen) atoms. The first kappa shape index (κ1) is 17.3. The highest BCUT2D eigenvalue weighted by atomic mass is 16.5. The van der Waals surface area contributed by atoms with E-state index in [1.807, 2.05) is 18.2 Å². The highest BCUT2D eigenvalue weighted by Gasteiger charge is 2.49. The predicted octanol–water partition coefficient (Wildman–Crippen LogP) is 2.52. The van der Waals surface area contributed by atoms with Gasteiger partial charge in [0.05, 0.1) is 19.9 Å². The minimum absolute atomic E-state index is 0.00997. The summed E-state index contributed by atoms with van der Waals surface area (Å²) in [4.78, 5) is 38.5. The first-order valence-electron chi connectivity index (χ1n) is 8.85. The molecule has 0 radical (unpaired) electrons. The van der Waals surface area contributed by atoms with E-state index in [0.29, 0.717) is 5.56 Å². The zero-order valence-corrected chi connectivity index (χ0v) is 15.2. The summed E-state index contributed by atoms with van der Waals surface area (Å²) in [6.45, 7) is 1.65. The van der Waals surface area contributed by atoms with Gasteiger partial charge in [0, 0.05) is 5.56 Å². The minimum Gasteiger partial charge on any atom is -0.463 e. The Balaban J connectivity index is 1.62. The molecule has 0 bridgehead atoms. The largest absolute Gasteiger partial charge is 0.463 e. The van der Waals surface area contributed by atoms with Gasteiger partial charge in [-0.3, -0.25) is 9.69 Å². The maximum absolute atomic E-state index is 13.1. The van der Waals surface area contributed by atoms with Gasteiger partial charge in [0.15, 0.2) is 0 Å². The summed E-state index contributed by atoms with van der Waals surface area (Å²) in [5, 5.41) is 2.80. The van der Waals surface area contributed by atoms with E-state index in [1.54, 1.807) is 13.0 Å². The van der Waals surface area contributed by atoms with E-state index >= 15 is 0 Å². The Morgan fingerprint density at radius 2 is 2.04 bits per heavy atom.